The number of anilines is 1. The average molecular weight is 351 g/mol. The van der Waals surface area contributed by atoms with Gasteiger partial charge in [-0.1, -0.05) is 23.3 Å². The van der Waals surface area contributed by atoms with Crippen molar-refractivity contribution < 1.29 is 14.3 Å². The lowest BCUT2D eigenvalue weighted by Gasteiger charge is -2.16. The number of hydrogen-bond donors (Lipinski definition) is 2. The van der Waals surface area contributed by atoms with Crippen molar-refractivity contribution in [1.29, 1.82) is 0 Å². The topological polar surface area (TPSA) is 81.4 Å². The van der Waals surface area contributed by atoms with Gasteiger partial charge >= 0.3 is 5.97 Å². The molecular weight excluding hydrogens is 328 g/mol. The number of nitrogens with two attached hydrogens (primary N) is 1. The van der Waals surface area contributed by atoms with Crippen LogP contribution in [0.3, 0.4) is 0 Å². The summed E-state index contributed by atoms with van der Waals surface area (Å²) in [5.74, 6) is -0.905. The van der Waals surface area contributed by atoms with Crippen LogP contribution in [0.5, 0.6) is 0 Å². The molecule has 1 amide bonds. The normalized spacial score (nSPS) is 15.3. The Bertz CT molecular complexity index is 643. The number of benzene rings is 1. The summed E-state index contributed by atoms with van der Waals surface area (Å²) in [7, 11) is 0. The number of rotatable bonds is 6. The molecule has 6 heteroatoms. The number of halogens is 1. The van der Waals surface area contributed by atoms with Crippen molar-refractivity contribution in [3.63, 3.8) is 0 Å². The third kappa shape index (κ3) is 5.27. The molecule has 0 aromatic heterocycles. The third-order valence-electron chi connectivity index (χ3n) is 4.02. The molecule has 0 saturated heterocycles. The maximum Gasteiger partial charge on any atom is 0.338 e. The first-order chi connectivity index (χ1) is 11.5. The van der Waals surface area contributed by atoms with Gasteiger partial charge in [0.15, 0.2) is 6.10 Å². The van der Waals surface area contributed by atoms with E-state index in [1.54, 1.807) is 6.92 Å². The van der Waals surface area contributed by atoms with Gasteiger partial charge in [-0.05, 0) is 57.2 Å². The first-order valence-electron chi connectivity index (χ1n) is 8.19. The maximum atomic E-state index is 12.0. The summed E-state index contributed by atoms with van der Waals surface area (Å²) in [6.45, 7) is 2.10. The quantitative estimate of drug-likeness (QED) is 0.467. The molecule has 1 aromatic carbocycles. The molecule has 3 N–H and O–H groups in total. The Morgan fingerprint density at radius 2 is 2.17 bits per heavy atom. The molecule has 130 valence electrons. The van der Waals surface area contributed by atoms with E-state index in [1.165, 1.54) is 36.6 Å². The number of esters is 1. The molecule has 0 fully saturated rings. The first kappa shape index (κ1) is 18.3. The van der Waals surface area contributed by atoms with E-state index >= 15 is 0 Å². The second-order valence-corrected chi connectivity index (χ2v) is 6.34. The predicted molar refractivity (Wildman–Crippen MR) is 94.9 cm³/mol. The van der Waals surface area contributed by atoms with Crippen molar-refractivity contribution in [3.05, 3.63) is 40.4 Å². The molecule has 0 heterocycles. The summed E-state index contributed by atoms with van der Waals surface area (Å²) >= 11 is 5.82. The molecule has 0 aliphatic heterocycles. The van der Waals surface area contributed by atoms with E-state index in [1.807, 2.05) is 0 Å². The zero-order valence-electron chi connectivity index (χ0n) is 13.8. The lowest BCUT2D eigenvalue weighted by Crippen LogP contribution is -2.36. The Kier molecular flexibility index (Phi) is 6.67. The molecule has 2 rings (SSSR count). The van der Waals surface area contributed by atoms with Gasteiger partial charge in [-0.15, -0.1) is 0 Å². The molecule has 0 spiro atoms. The summed E-state index contributed by atoms with van der Waals surface area (Å²) in [5.41, 5.74) is 7.62. The van der Waals surface area contributed by atoms with Gasteiger partial charge in [0, 0.05) is 6.54 Å². The van der Waals surface area contributed by atoms with Crippen LogP contribution in [0.25, 0.3) is 0 Å². The number of carbonyl (C=O) groups is 2. The molecule has 0 radical (unpaired) electrons. The third-order valence-corrected chi connectivity index (χ3v) is 4.36. The fraction of sp³-hybridized carbons (Fsp3) is 0.444. The van der Waals surface area contributed by atoms with Gasteiger partial charge in [0.2, 0.25) is 0 Å². The fourth-order valence-corrected chi connectivity index (χ4v) is 2.69. The van der Waals surface area contributed by atoms with Crippen molar-refractivity contribution >= 4 is 29.2 Å². The second kappa shape index (κ2) is 8.73. The Labute approximate surface area is 147 Å². The SMILES string of the molecule is C[C@@H](OC(=O)c1ccc(Cl)c(N)c1)C(=O)NCCC1=CCCCC1. The summed E-state index contributed by atoms with van der Waals surface area (Å²) < 4.78 is 5.17. The summed E-state index contributed by atoms with van der Waals surface area (Å²) in [6.07, 6.45) is 6.94. The van der Waals surface area contributed by atoms with Crippen LogP contribution in [0, 0.1) is 0 Å². The molecule has 24 heavy (non-hydrogen) atoms. The highest BCUT2D eigenvalue weighted by atomic mass is 35.5. The first-order valence-corrected chi connectivity index (χ1v) is 8.57. The van der Waals surface area contributed by atoms with E-state index in [9.17, 15) is 9.59 Å². The summed E-state index contributed by atoms with van der Waals surface area (Å²) in [6, 6.07) is 4.47. The monoisotopic (exact) mass is 350 g/mol. The van der Waals surface area contributed by atoms with E-state index in [-0.39, 0.29) is 11.5 Å². The van der Waals surface area contributed by atoms with Gasteiger partial charge in [0.05, 0.1) is 16.3 Å². The molecule has 1 aliphatic rings. The highest BCUT2D eigenvalue weighted by molar-refractivity contribution is 6.33. The molecule has 1 atom stereocenters. The van der Waals surface area contributed by atoms with Gasteiger partial charge in [-0.2, -0.15) is 0 Å². The highest BCUT2D eigenvalue weighted by Gasteiger charge is 2.19. The lowest BCUT2D eigenvalue weighted by molar-refractivity contribution is -0.129. The van der Waals surface area contributed by atoms with Crippen LogP contribution >= 0.6 is 11.6 Å². The molecule has 0 bridgehead atoms. The Morgan fingerprint density at radius 1 is 1.38 bits per heavy atom. The lowest BCUT2D eigenvalue weighted by atomic mass is 9.97. The zero-order chi connectivity index (χ0) is 17.5. The average Bonchev–Trinajstić information content (AvgIpc) is 2.58. The van der Waals surface area contributed by atoms with Crippen LogP contribution in [0.4, 0.5) is 5.69 Å². The molecule has 1 aliphatic carbocycles. The Hall–Kier alpha value is -2.01. The second-order valence-electron chi connectivity index (χ2n) is 5.93. The molecule has 5 nitrogen and oxygen atoms in total. The number of nitrogen functional groups attached to an aromatic ring is 1. The minimum atomic E-state index is -0.866. The van der Waals surface area contributed by atoms with E-state index in [0.717, 1.165) is 19.3 Å². The van der Waals surface area contributed by atoms with Gasteiger partial charge in [0.25, 0.3) is 5.91 Å². The predicted octanol–water partition coefficient (Wildman–Crippen LogP) is 3.47. The number of allylic oxidation sites excluding steroid dienone is 1. The Balaban J connectivity index is 1.78. The van der Waals surface area contributed by atoms with E-state index in [4.69, 9.17) is 22.1 Å². The van der Waals surface area contributed by atoms with Gasteiger partial charge in [0.1, 0.15) is 0 Å². The highest BCUT2D eigenvalue weighted by Crippen LogP contribution is 2.21. The summed E-state index contributed by atoms with van der Waals surface area (Å²) in [5, 5.41) is 3.17. The zero-order valence-corrected chi connectivity index (χ0v) is 14.6. The smallest absolute Gasteiger partial charge is 0.338 e. The molecule has 0 unspecified atom stereocenters. The number of carbonyl (C=O) groups excluding carboxylic acids is 2. The van der Waals surface area contributed by atoms with Crippen molar-refractivity contribution in [3.8, 4) is 0 Å². The number of ether oxygens (including phenoxy) is 1. The maximum absolute atomic E-state index is 12.0. The van der Waals surface area contributed by atoms with Crippen LogP contribution in [0.2, 0.25) is 5.02 Å². The van der Waals surface area contributed by atoms with Gasteiger partial charge in [-0.25, -0.2) is 4.79 Å². The minimum absolute atomic E-state index is 0.268. The molecular formula is C18H23ClN2O3. The van der Waals surface area contributed by atoms with E-state index in [2.05, 4.69) is 11.4 Å². The van der Waals surface area contributed by atoms with E-state index in [0.29, 0.717) is 17.3 Å². The van der Waals surface area contributed by atoms with E-state index < -0.39 is 12.1 Å². The Morgan fingerprint density at radius 3 is 2.83 bits per heavy atom. The fourth-order valence-electron chi connectivity index (χ4n) is 2.57. The largest absolute Gasteiger partial charge is 0.449 e. The minimum Gasteiger partial charge on any atom is -0.449 e. The van der Waals surface area contributed by atoms with Crippen LogP contribution in [-0.2, 0) is 9.53 Å². The van der Waals surface area contributed by atoms with Crippen molar-refractivity contribution in [1.82, 2.24) is 5.32 Å². The molecule has 1 aromatic rings. The van der Waals surface area contributed by atoms with Crippen molar-refractivity contribution in [2.45, 2.75) is 45.1 Å². The number of nitrogens with one attached hydrogen (secondary N) is 1. The van der Waals surface area contributed by atoms with Crippen LogP contribution in [0.1, 0.15) is 49.4 Å². The number of hydrogen-bond acceptors (Lipinski definition) is 4. The standard InChI is InChI=1S/C18H23ClN2O3/c1-12(17(22)21-10-9-13-5-3-2-4-6-13)24-18(23)14-7-8-15(19)16(20)11-14/h5,7-8,11-12H,2-4,6,9-10,20H2,1H3,(H,21,22)/t12-/m1/s1. The van der Waals surface area contributed by atoms with Gasteiger partial charge < -0.3 is 15.8 Å². The molecule has 0 saturated carbocycles. The van der Waals surface area contributed by atoms with Gasteiger partial charge in [-0.3, -0.25) is 4.79 Å². The van der Waals surface area contributed by atoms with Crippen LogP contribution < -0.4 is 11.1 Å². The van der Waals surface area contributed by atoms with Crippen LogP contribution in [-0.4, -0.2) is 24.5 Å². The number of amides is 1. The summed E-state index contributed by atoms with van der Waals surface area (Å²) in [4.78, 5) is 24.1. The van der Waals surface area contributed by atoms with Crippen molar-refractivity contribution in [2.24, 2.45) is 0 Å². The van der Waals surface area contributed by atoms with Crippen LogP contribution in [0.15, 0.2) is 29.8 Å². The van der Waals surface area contributed by atoms with Crippen molar-refractivity contribution in [2.75, 3.05) is 12.3 Å².